The van der Waals surface area contributed by atoms with E-state index in [1.807, 2.05) is 19.1 Å². The Kier molecular flexibility index (Phi) is 4.32. The number of aliphatic carboxylic acids is 1. The number of carbonyl (C=O) groups is 2. The number of hydrogen-bond donors (Lipinski definition) is 2. The minimum Gasteiger partial charge on any atom is -0.492 e. The van der Waals surface area contributed by atoms with E-state index in [0.29, 0.717) is 19.6 Å². The summed E-state index contributed by atoms with van der Waals surface area (Å²) in [6, 6.07) is 3.89. The number of hydrogen-bond acceptors (Lipinski definition) is 5. The zero-order chi connectivity index (χ0) is 19.0. The molecule has 0 aliphatic carbocycles. The van der Waals surface area contributed by atoms with Gasteiger partial charge >= 0.3 is 5.97 Å². The number of benzene rings is 1. The van der Waals surface area contributed by atoms with E-state index in [0.717, 1.165) is 45.6 Å². The monoisotopic (exact) mass is 365 g/mol. The summed E-state index contributed by atoms with van der Waals surface area (Å²) in [7, 11) is 0. The summed E-state index contributed by atoms with van der Waals surface area (Å²) in [5.74, 6) is -0.895. The number of rotatable bonds is 2. The van der Waals surface area contributed by atoms with Crippen molar-refractivity contribution in [2.45, 2.75) is 19.8 Å². The third-order valence-corrected chi connectivity index (χ3v) is 4.96. The van der Waals surface area contributed by atoms with Gasteiger partial charge < -0.3 is 19.6 Å². The molecule has 0 amide bonds. The third kappa shape index (κ3) is 3.03. The molecule has 0 bridgehead atoms. The Balaban J connectivity index is 1.91. The van der Waals surface area contributed by atoms with Gasteiger partial charge in [-0.3, -0.25) is 4.79 Å². The first-order chi connectivity index (χ1) is 13.1. The maximum Gasteiger partial charge on any atom is 0.341 e. The standard InChI is InChI=1S/C21H19NO5/c1-12-8-19(23)18(21(24)25)10-22-5-2-14-15-4-7-27-20(15)17(9-16(12)14)13-3-6-26-11-13/h3,6,8-11,22H,2,4-5,7H2,1H3,(H,24,25)/b12-8+,18-10+. The van der Waals surface area contributed by atoms with Crippen molar-refractivity contribution in [3.8, 4) is 16.9 Å². The lowest BCUT2D eigenvalue weighted by Crippen LogP contribution is -2.19. The number of allylic oxidation sites excluding steroid dienone is 2. The van der Waals surface area contributed by atoms with Gasteiger partial charge in [-0.05, 0) is 48.3 Å². The molecule has 2 aliphatic heterocycles. The highest BCUT2D eigenvalue weighted by Gasteiger charge is 2.26. The molecule has 0 unspecified atom stereocenters. The number of fused-ring (bicyclic) bond motifs is 3. The van der Waals surface area contributed by atoms with Crippen LogP contribution in [0.4, 0.5) is 0 Å². The second-order valence-electron chi connectivity index (χ2n) is 6.63. The number of nitrogens with one attached hydrogen (secondary N) is 1. The number of carboxylic acids is 1. The minimum absolute atomic E-state index is 0.266. The van der Waals surface area contributed by atoms with Crippen LogP contribution in [0.25, 0.3) is 16.7 Å². The molecule has 1 aromatic carbocycles. The number of furan rings is 1. The molecule has 0 radical (unpaired) electrons. The fourth-order valence-electron chi connectivity index (χ4n) is 3.67. The van der Waals surface area contributed by atoms with Gasteiger partial charge in [-0.25, -0.2) is 4.79 Å². The summed E-state index contributed by atoms with van der Waals surface area (Å²) in [6.45, 7) is 2.99. The predicted octanol–water partition coefficient (Wildman–Crippen LogP) is 2.97. The lowest BCUT2D eigenvalue weighted by molar-refractivity contribution is -0.134. The summed E-state index contributed by atoms with van der Waals surface area (Å²) < 4.78 is 11.1. The zero-order valence-electron chi connectivity index (χ0n) is 14.9. The molecule has 6 heteroatoms. The second kappa shape index (κ2) is 6.79. The Morgan fingerprint density at radius 3 is 2.81 bits per heavy atom. The molecule has 6 nitrogen and oxygen atoms in total. The third-order valence-electron chi connectivity index (χ3n) is 4.96. The van der Waals surface area contributed by atoms with Gasteiger partial charge in [-0.15, -0.1) is 0 Å². The Hall–Kier alpha value is -3.28. The molecule has 0 saturated heterocycles. The first kappa shape index (κ1) is 17.1. The molecule has 0 atom stereocenters. The van der Waals surface area contributed by atoms with Crippen LogP contribution in [0.15, 0.2) is 46.9 Å². The van der Waals surface area contributed by atoms with Gasteiger partial charge in [-0.2, -0.15) is 0 Å². The van der Waals surface area contributed by atoms with Crippen molar-refractivity contribution in [1.82, 2.24) is 5.32 Å². The van der Waals surface area contributed by atoms with E-state index in [9.17, 15) is 14.7 Å². The lowest BCUT2D eigenvalue weighted by Gasteiger charge is -2.18. The number of carboxylic acid groups (broad SMARTS) is 1. The van der Waals surface area contributed by atoms with Gasteiger partial charge in [0.2, 0.25) is 0 Å². The van der Waals surface area contributed by atoms with Gasteiger partial charge in [0.1, 0.15) is 11.3 Å². The molecule has 2 aromatic rings. The Morgan fingerprint density at radius 1 is 1.22 bits per heavy atom. The first-order valence-electron chi connectivity index (χ1n) is 8.80. The van der Waals surface area contributed by atoms with Crippen LogP contribution in [-0.4, -0.2) is 30.0 Å². The number of ketones is 1. The Bertz CT molecular complexity index is 982. The molecule has 0 saturated carbocycles. The van der Waals surface area contributed by atoms with Crippen molar-refractivity contribution in [2.75, 3.05) is 13.2 Å². The van der Waals surface area contributed by atoms with E-state index >= 15 is 0 Å². The first-order valence-corrected chi connectivity index (χ1v) is 8.80. The van der Waals surface area contributed by atoms with Gasteiger partial charge in [0.05, 0.1) is 19.1 Å². The highest BCUT2D eigenvalue weighted by atomic mass is 16.5. The molecule has 1 aromatic heterocycles. The van der Waals surface area contributed by atoms with Crippen LogP contribution in [0, 0.1) is 0 Å². The Labute approximate surface area is 156 Å². The number of carbonyl (C=O) groups excluding carboxylic acids is 1. The maximum atomic E-state index is 12.4. The topological polar surface area (TPSA) is 88.8 Å². The van der Waals surface area contributed by atoms with E-state index in [1.165, 1.54) is 12.3 Å². The van der Waals surface area contributed by atoms with Gasteiger partial charge in [-0.1, -0.05) is 0 Å². The van der Waals surface area contributed by atoms with Crippen molar-refractivity contribution >= 4 is 17.3 Å². The summed E-state index contributed by atoms with van der Waals surface area (Å²) >= 11 is 0. The van der Waals surface area contributed by atoms with Crippen LogP contribution >= 0.6 is 0 Å². The SMILES string of the molecule is C/C1=C\C(=O)/C(C(=O)O)=C\NCCc2c1cc(-c1ccoc1)c1c2CCO1. The fourth-order valence-corrected chi connectivity index (χ4v) is 3.67. The van der Waals surface area contributed by atoms with Crippen molar-refractivity contribution in [1.29, 1.82) is 0 Å². The van der Waals surface area contributed by atoms with Gasteiger partial charge in [0.15, 0.2) is 5.78 Å². The smallest absolute Gasteiger partial charge is 0.341 e. The molecule has 138 valence electrons. The van der Waals surface area contributed by atoms with E-state index < -0.39 is 11.8 Å². The molecule has 0 spiro atoms. The summed E-state index contributed by atoms with van der Waals surface area (Å²) in [5, 5.41) is 12.2. The van der Waals surface area contributed by atoms with Crippen LogP contribution in [0.3, 0.4) is 0 Å². The molecule has 0 fully saturated rings. The Morgan fingerprint density at radius 2 is 2.07 bits per heavy atom. The van der Waals surface area contributed by atoms with E-state index in [4.69, 9.17) is 9.15 Å². The molecule has 2 aliphatic rings. The van der Waals surface area contributed by atoms with Crippen LogP contribution in [-0.2, 0) is 22.4 Å². The van der Waals surface area contributed by atoms with Crippen LogP contribution in [0.5, 0.6) is 5.75 Å². The largest absolute Gasteiger partial charge is 0.492 e. The summed E-state index contributed by atoms with van der Waals surface area (Å²) in [6.07, 6.45) is 7.48. The van der Waals surface area contributed by atoms with Crippen LogP contribution in [0.2, 0.25) is 0 Å². The van der Waals surface area contributed by atoms with E-state index in [2.05, 4.69) is 5.32 Å². The highest BCUT2D eigenvalue weighted by Crippen LogP contribution is 2.42. The van der Waals surface area contributed by atoms with Crippen LogP contribution < -0.4 is 10.1 Å². The zero-order valence-corrected chi connectivity index (χ0v) is 14.9. The van der Waals surface area contributed by atoms with Crippen LogP contribution in [0.1, 0.15) is 23.6 Å². The van der Waals surface area contributed by atoms with Crippen molar-refractivity contribution < 1.29 is 23.8 Å². The van der Waals surface area contributed by atoms with Gasteiger partial charge in [0.25, 0.3) is 0 Å². The van der Waals surface area contributed by atoms with Gasteiger partial charge in [0, 0.05) is 35.9 Å². The van der Waals surface area contributed by atoms with Crippen molar-refractivity contribution in [3.05, 3.63) is 59.2 Å². The quantitative estimate of drug-likeness (QED) is 0.796. The molecule has 2 N–H and O–H groups in total. The summed E-state index contributed by atoms with van der Waals surface area (Å²) in [4.78, 5) is 23.8. The maximum absolute atomic E-state index is 12.4. The van der Waals surface area contributed by atoms with E-state index in [-0.39, 0.29) is 5.57 Å². The molecule has 4 rings (SSSR count). The lowest BCUT2D eigenvalue weighted by atomic mass is 9.87. The van der Waals surface area contributed by atoms with Crippen molar-refractivity contribution in [2.24, 2.45) is 0 Å². The summed E-state index contributed by atoms with van der Waals surface area (Å²) in [5.41, 5.74) is 5.54. The second-order valence-corrected chi connectivity index (χ2v) is 6.63. The predicted molar refractivity (Wildman–Crippen MR) is 99.4 cm³/mol. The fraction of sp³-hybridized carbons (Fsp3) is 0.238. The minimum atomic E-state index is -1.24. The molecule has 27 heavy (non-hydrogen) atoms. The normalized spacial score (nSPS) is 20.3. The number of ether oxygens (including phenoxy) is 1. The van der Waals surface area contributed by atoms with E-state index in [1.54, 1.807) is 12.5 Å². The average molecular weight is 365 g/mol. The molecular weight excluding hydrogens is 346 g/mol. The average Bonchev–Trinajstić information content (AvgIpc) is 3.32. The molecular formula is C21H19NO5. The molecule has 3 heterocycles. The van der Waals surface area contributed by atoms with Crippen molar-refractivity contribution in [3.63, 3.8) is 0 Å². The highest BCUT2D eigenvalue weighted by molar-refractivity contribution is 6.22.